The van der Waals surface area contributed by atoms with E-state index < -0.39 is 5.97 Å². The highest BCUT2D eigenvalue weighted by atomic mass is 16.5. The smallest absolute Gasteiger partial charge is 0.305 e. The fourth-order valence-electron chi connectivity index (χ4n) is 2.33. The number of morpholine rings is 1. The van der Waals surface area contributed by atoms with Crippen molar-refractivity contribution in [3.63, 3.8) is 0 Å². The van der Waals surface area contributed by atoms with Crippen molar-refractivity contribution < 1.29 is 14.6 Å². The molecule has 0 amide bonds. The zero-order valence-electron chi connectivity index (χ0n) is 10.8. The van der Waals surface area contributed by atoms with E-state index in [-0.39, 0.29) is 12.5 Å². The van der Waals surface area contributed by atoms with E-state index in [9.17, 15) is 4.79 Å². The molecule has 18 heavy (non-hydrogen) atoms. The molecule has 1 fully saturated rings. The van der Waals surface area contributed by atoms with E-state index in [4.69, 9.17) is 9.84 Å². The first-order chi connectivity index (χ1) is 8.59. The van der Waals surface area contributed by atoms with Gasteiger partial charge in [-0.05, 0) is 6.92 Å². The molecule has 1 unspecified atom stereocenters. The van der Waals surface area contributed by atoms with Gasteiger partial charge in [0.1, 0.15) is 0 Å². The zero-order chi connectivity index (χ0) is 13.1. The second kappa shape index (κ2) is 5.49. The Balaban J connectivity index is 2.23. The van der Waals surface area contributed by atoms with Gasteiger partial charge in [-0.1, -0.05) is 0 Å². The highest BCUT2D eigenvalue weighted by Gasteiger charge is 2.27. The molecule has 2 rings (SSSR count). The van der Waals surface area contributed by atoms with E-state index >= 15 is 0 Å². The third kappa shape index (κ3) is 2.70. The molecule has 0 radical (unpaired) electrons. The minimum atomic E-state index is -0.783. The summed E-state index contributed by atoms with van der Waals surface area (Å²) in [5.74, 6) is -0.783. The maximum atomic E-state index is 11.1. The van der Waals surface area contributed by atoms with Gasteiger partial charge in [0, 0.05) is 37.4 Å². The van der Waals surface area contributed by atoms with Gasteiger partial charge in [-0.3, -0.25) is 14.4 Å². The van der Waals surface area contributed by atoms with Gasteiger partial charge in [0.25, 0.3) is 0 Å². The molecule has 100 valence electrons. The molecule has 1 aliphatic rings. The zero-order valence-corrected chi connectivity index (χ0v) is 10.8. The Morgan fingerprint density at radius 2 is 2.22 bits per heavy atom. The lowest BCUT2D eigenvalue weighted by Gasteiger charge is -2.33. The summed E-state index contributed by atoms with van der Waals surface area (Å²) >= 11 is 0. The van der Waals surface area contributed by atoms with Crippen LogP contribution in [0.2, 0.25) is 0 Å². The number of carboxylic acid groups (broad SMARTS) is 1. The number of aliphatic carboxylic acids is 1. The van der Waals surface area contributed by atoms with Crippen LogP contribution in [0.4, 0.5) is 0 Å². The Labute approximate surface area is 106 Å². The number of aryl methyl sites for hydroxylation is 1. The van der Waals surface area contributed by atoms with Crippen molar-refractivity contribution in [2.45, 2.75) is 19.4 Å². The molecule has 2 heterocycles. The molecule has 1 atom stereocenters. The third-order valence-electron chi connectivity index (χ3n) is 3.49. The molecule has 0 aliphatic carbocycles. The SMILES string of the molecule is Cc1c(C(CC(=O)O)N2CCOCC2)cnn1C. The summed E-state index contributed by atoms with van der Waals surface area (Å²) in [6.07, 6.45) is 1.88. The second-order valence-corrected chi connectivity index (χ2v) is 4.57. The molecule has 1 aliphatic heterocycles. The summed E-state index contributed by atoms with van der Waals surface area (Å²) < 4.78 is 7.10. The maximum absolute atomic E-state index is 11.1. The van der Waals surface area contributed by atoms with Crippen molar-refractivity contribution >= 4 is 5.97 Å². The van der Waals surface area contributed by atoms with Crippen LogP contribution in [-0.2, 0) is 16.6 Å². The Bertz CT molecular complexity index is 424. The van der Waals surface area contributed by atoms with Gasteiger partial charge in [-0.2, -0.15) is 5.10 Å². The van der Waals surface area contributed by atoms with Crippen LogP contribution < -0.4 is 0 Å². The van der Waals surface area contributed by atoms with Crippen molar-refractivity contribution in [1.29, 1.82) is 0 Å². The number of hydrogen-bond donors (Lipinski definition) is 1. The van der Waals surface area contributed by atoms with E-state index in [0.717, 1.165) is 24.3 Å². The van der Waals surface area contributed by atoms with Crippen molar-refractivity contribution in [1.82, 2.24) is 14.7 Å². The Morgan fingerprint density at radius 3 is 2.72 bits per heavy atom. The molecule has 6 heteroatoms. The van der Waals surface area contributed by atoms with E-state index in [1.54, 1.807) is 10.9 Å². The number of carboxylic acids is 1. The molecule has 1 N–H and O–H groups in total. The fourth-order valence-corrected chi connectivity index (χ4v) is 2.33. The summed E-state index contributed by atoms with van der Waals surface area (Å²) in [6, 6.07) is -0.111. The minimum absolute atomic E-state index is 0.104. The lowest BCUT2D eigenvalue weighted by atomic mass is 10.0. The van der Waals surface area contributed by atoms with E-state index in [1.165, 1.54) is 0 Å². The summed E-state index contributed by atoms with van der Waals surface area (Å²) in [6.45, 7) is 4.83. The largest absolute Gasteiger partial charge is 0.481 e. The minimum Gasteiger partial charge on any atom is -0.481 e. The van der Waals surface area contributed by atoms with Crippen LogP contribution in [0.25, 0.3) is 0 Å². The first-order valence-corrected chi connectivity index (χ1v) is 6.11. The number of aromatic nitrogens is 2. The van der Waals surface area contributed by atoms with Crippen molar-refractivity contribution in [3.05, 3.63) is 17.5 Å². The molecular weight excluding hydrogens is 234 g/mol. The molecule has 1 saturated heterocycles. The van der Waals surface area contributed by atoms with E-state index in [2.05, 4.69) is 10.00 Å². The van der Waals surface area contributed by atoms with Crippen LogP contribution >= 0.6 is 0 Å². The van der Waals surface area contributed by atoms with E-state index in [1.807, 2.05) is 14.0 Å². The fraction of sp³-hybridized carbons (Fsp3) is 0.667. The molecule has 0 spiro atoms. The predicted octanol–water partition coefficient (Wildman–Crippen LogP) is 0.577. The molecule has 0 saturated carbocycles. The molecule has 1 aromatic rings. The lowest BCUT2D eigenvalue weighted by Crippen LogP contribution is -2.40. The summed E-state index contributed by atoms with van der Waals surface area (Å²) in [5, 5.41) is 13.3. The van der Waals surface area contributed by atoms with Gasteiger partial charge in [0.15, 0.2) is 0 Å². The van der Waals surface area contributed by atoms with Crippen molar-refractivity contribution in [3.8, 4) is 0 Å². The van der Waals surface area contributed by atoms with Crippen LogP contribution in [0.3, 0.4) is 0 Å². The van der Waals surface area contributed by atoms with Gasteiger partial charge in [-0.15, -0.1) is 0 Å². The predicted molar refractivity (Wildman–Crippen MR) is 65.3 cm³/mol. The first-order valence-electron chi connectivity index (χ1n) is 6.11. The monoisotopic (exact) mass is 253 g/mol. The number of hydrogen-bond acceptors (Lipinski definition) is 4. The Hall–Kier alpha value is -1.40. The summed E-state index contributed by atoms with van der Waals surface area (Å²) in [7, 11) is 1.87. The van der Waals surface area contributed by atoms with Crippen LogP contribution in [0, 0.1) is 6.92 Å². The number of rotatable bonds is 4. The van der Waals surface area contributed by atoms with Crippen molar-refractivity contribution in [2.75, 3.05) is 26.3 Å². The van der Waals surface area contributed by atoms with Crippen molar-refractivity contribution in [2.24, 2.45) is 7.05 Å². The van der Waals surface area contributed by atoms with Gasteiger partial charge < -0.3 is 9.84 Å². The standard InChI is InChI=1S/C12H19N3O3/c1-9-10(8-13-14(9)2)11(7-12(16)17)15-3-5-18-6-4-15/h8,11H,3-7H2,1-2H3,(H,16,17). The van der Waals surface area contributed by atoms with Crippen LogP contribution in [0.1, 0.15) is 23.7 Å². The lowest BCUT2D eigenvalue weighted by molar-refractivity contribution is -0.139. The topological polar surface area (TPSA) is 67.6 Å². The molecule has 0 bridgehead atoms. The average molecular weight is 253 g/mol. The molecule has 6 nitrogen and oxygen atoms in total. The van der Waals surface area contributed by atoms with Crippen LogP contribution in [0.5, 0.6) is 0 Å². The first kappa shape index (κ1) is 13.0. The molecule has 1 aromatic heterocycles. The van der Waals surface area contributed by atoms with E-state index in [0.29, 0.717) is 13.2 Å². The summed E-state index contributed by atoms with van der Waals surface area (Å²) in [5.41, 5.74) is 2.02. The Kier molecular flexibility index (Phi) is 3.98. The number of nitrogens with zero attached hydrogens (tertiary/aromatic N) is 3. The highest BCUT2D eigenvalue weighted by Crippen LogP contribution is 2.27. The maximum Gasteiger partial charge on any atom is 0.305 e. The van der Waals surface area contributed by atoms with Gasteiger partial charge in [0.2, 0.25) is 0 Å². The molecular formula is C12H19N3O3. The highest BCUT2D eigenvalue weighted by molar-refractivity contribution is 5.68. The molecule has 0 aromatic carbocycles. The number of carbonyl (C=O) groups is 1. The van der Waals surface area contributed by atoms with Gasteiger partial charge in [-0.25, -0.2) is 0 Å². The summed E-state index contributed by atoms with van der Waals surface area (Å²) in [4.78, 5) is 13.2. The van der Waals surface area contributed by atoms with Crippen LogP contribution in [0.15, 0.2) is 6.20 Å². The van der Waals surface area contributed by atoms with Crippen LogP contribution in [-0.4, -0.2) is 52.1 Å². The number of ether oxygens (including phenoxy) is 1. The second-order valence-electron chi connectivity index (χ2n) is 4.57. The average Bonchev–Trinajstić information content (AvgIpc) is 2.68. The normalized spacial score (nSPS) is 18.8. The quantitative estimate of drug-likeness (QED) is 0.850. The third-order valence-corrected chi connectivity index (χ3v) is 3.49. The Morgan fingerprint density at radius 1 is 1.56 bits per heavy atom. The van der Waals surface area contributed by atoms with Gasteiger partial charge >= 0.3 is 5.97 Å². The van der Waals surface area contributed by atoms with Gasteiger partial charge in [0.05, 0.1) is 25.8 Å².